The summed E-state index contributed by atoms with van der Waals surface area (Å²) in [5.41, 5.74) is 2.10. The highest BCUT2D eigenvalue weighted by atomic mass is 16.5. The third-order valence-electron chi connectivity index (χ3n) is 3.20. The zero-order chi connectivity index (χ0) is 11.4. The molecule has 2 rings (SSSR count). The molecule has 1 heterocycles. The molecule has 0 aliphatic carbocycles. The second-order valence-corrected chi connectivity index (χ2v) is 4.52. The third kappa shape index (κ3) is 2.92. The van der Waals surface area contributed by atoms with E-state index in [0.29, 0.717) is 0 Å². The Labute approximate surface area is 96.6 Å². The summed E-state index contributed by atoms with van der Waals surface area (Å²) in [7, 11) is 0. The van der Waals surface area contributed by atoms with Gasteiger partial charge in [-0.2, -0.15) is 0 Å². The fourth-order valence-electron chi connectivity index (χ4n) is 2.20. The van der Waals surface area contributed by atoms with Crippen LogP contribution in [0.2, 0.25) is 0 Å². The minimum absolute atomic E-state index is 0.147. The molecule has 1 aromatic rings. The lowest BCUT2D eigenvalue weighted by atomic mass is 9.91. The first kappa shape index (κ1) is 11.3. The average molecular weight is 218 g/mol. The molecule has 0 spiro atoms. The van der Waals surface area contributed by atoms with Crippen LogP contribution in [0, 0.1) is 5.92 Å². The molecule has 0 amide bonds. The summed E-state index contributed by atoms with van der Waals surface area (Å²) < 4.78 is 5.35. The van der Waals surface area contributed by atoms with Crippen LogP contribution in [0.4, 0.5) is 0 Å². The zero-order valence-electron chi connectivity index (χ0n) is 9.74. The van der Waals surface area contributed by atoms with Gasteiger partial charge in [0.05, 0.1) is 0 Å². The molecule has 0 atom stereocenters. The molecule has 1 saturated heterocycles. The summed E-state index contributed by atoms with van der Waals surface area (Å²) in [5, 5.41) is 0. The average Bonchev–Trinajstić information content (AvgIpc) is 2.30. The van der Waals surface area contributed by atoms with Crippen LogP contribution in [-0.4, -0.2) is 19.0 Å². The Morgan fingerprint density at radius 2 is 2.12 bits per heavy atom. The Morgan fingerprint density at radius 3 is 2.81 bits per heavy atom. The molecule has 16 heavy (non-hydrogen) atoms. The van der Waals surface area contributed by atoms with Crippen LogP contribution in [-0.2, 0) is 11.2 Å². The first-order valence-corrected chi connectivity index (χ1v) is 5.93. The molecule has 2 heteroatoms. The molecule has 0 unspecified atom stereocenters. The van der Waals surface area contributed by atoms with E-state index in [9.17, 15) is 4.79 Å². The summed E-state index contributed by atoms with van der Waals surface area (Å²) >= 11 is 0. The lowest BCUT2D eigenvalue weighted by Gasteiger charge is -2.22. The number of hydrogen-bond donors (Lipinski definition) is 0. The van der Waals surface area contributed by atoms with Gasteiger partial charge in [0.15, 0.2) is 5.78 Å². The highest BCUT2D eigenvalue weighted by Crippen LogP contribution is 2.20. The van der Waals surface area contributed by atoms with Gasteiger partial charge in [-0.3, -0.25) is 4.79 Å². The van der Waals surface area contributed by atoms with Crippen LogP contribution in [0.15, 0.2) is 24.3 Å². The van der Waals surface area contributed by atoms with Crippen molar-refractivity contribution in [2.24, 2.45) is 5.92 Å². The second-order valence-electron chi connectivity index (χ2n) is 4.52. The van der Waals surface area contributed by atoms with Crippen LogP contribution >= 0.6 is 0 Å². The van der Waals surface area contributed by atoms with Crippen molar-refractivity contribution in [3.05, 3.63) is 35.4 Å². The van der Waals surface area contributed by atoms with Crippen LogP contribution in [0.1, 0.15) is 35.7 Å². The van der Waals surface area contributed by atoms with E-state index in [-0.39, 0.29) is 5.78 Å². The quantitative estimate of drug-likeness (QED) is 0.729. The summed E-state index contributed by atoms with van der Waals surface area (Å²) in [6.07, 6.45) is 3.36. The summed E-state index contributed by atoms with van der Waals surface area (Å²) in [6, 6.07) is 8.00. The molecule has 0 radical (unpaired) electrons. The first-order valence-electron chi connectivity index (χ1n) is 5.93. The number of benzene rings is 1. The largest absolute Gasteiger partial charge is 0.381 e. The van der Waals surface area contributed by atoms with Gasteiger partial charge in [-0.25, -0.2) is 0 Å². The topological polar surface area (TPSA) is 26.3 Å². The SMILES string of the molecule is CC(=O)c1cccc(CC2CCOCC2)c1. The Balaban J connectivity index is 2.02. The van der Waals surface area contributed by atoms with Gasteiger partial charge < -0.3 is 4.74 Å². The van der Waals surface area contributed by atoms with Crippen molar-refractivity contribution in [1.82, 2.24) is 0 Å². The van der Waals surface area contributed by atoms with Gasteiger partial charge in [-0.15, -0.1) is 0 Å². The molecule has 0 N–H and O–H groups in total. The van der Waals surface area contributed by atoms with Gasteiger partial charge in [-0.1, -0.05) is 18.2 Å². The number of ketones is 1. The van der Waals surface area contributed by atoms with Crippen molar-refractivity contribution in [2.45, 2.75) is 26.2 Å². The molecule has 0 bridgehead atoms. The van der Waals surface area contributed by atoms with E-state index in [1.807, 2.05) is 18.2 Å². The smallest absolute Gasteiger partial charge is 0.159 e. The predicted octanol–water partition coefficient (Wildman–Crippen LogP) is 2.86. The maximum atomic E-state index is 11.3. The van der Waals surface area contributed by atoms with E-state index >= 15 is 0 Å². The molecule has 1 aromatic carbocycles. The summed E-state index contributed by atoms with van der Waals surface area (Å²) in [4.78, 5) is 11.3. The van der Waals surface area contributed by atoms with E-state index in [1.54, 1.807) is 6.92 Å². The number of carbonyl (C=O) groups excluding carboxylic acids is 1. The zero-order valence-corrected chi connectivity index (χ0v) is 9.74. The second kappa shape index (κ2) is 5.26. The Bertz CT molecular complexity index is 365. The Hall–Kier alpha value is -1.15. The molecule has 0 aromatic heterocycles. The van der Waals surface area contributed by atoms with Crippen molar-refractivity contribution < 1.29 is 9.53 Å². The van der Waals surface area contributed by atoms with E-state index in [4.69, 9.17) is 4.74 Å². The molecular formula is C14H18O2. The fourth-order valence-corrected chi connectivity index (χ4v) is 2.20. The molecule has 1 aliphatic rings. The summed E-state index contributed by atoms with van der Waals surface area (Å²) in [6.45, 7) is 3.39. The van der Waals surface area contributed by atoms with Gasteiger partial charge in [0, 0.05) is 18.8 Å². The Morgan fingerprint density at radius 1 is 1.38 bits per heavy atom. The molecule has 2 nitrogen and oxygen atoms in total. The number of rotatable bonds is 3. The van der Waals surface area contributed by atoms with Crippen molar-refractivity contribution in [3.63, 3.8) is 0 Å². The van der Waals surface area contributed by atoms with Gasteiger partial charge in [0.2, 0.25) is 0 Å². The molecule has 0 saturated carbocycles. The van der Waals surface area contributed by atoms with Gasteiger partial charge in [-0.05, 0) is 43.7 Å². The van der Waals surface area contributed by atoms with Crippen LogP contribution in [0.3, 0.4) is 0 Å². The minimum Gasteiger partial charge on any atom is -0.381 e. The van der Waals surface area contributed by atoms with Crippen LogP contribution in [0.25, 0.3) is 0 Å². The van der Waals surface area contributed by atoms with Gasteiger partial charge >= 0.3 is 0 Å². The minimum atomic E-state index is 0.147. The number of hydrogen-bond acceptors (Lipinski definition) is 2. The van der Waals surface area contributed by atoms with Gasteiger partial charge in [0.25, 0.3) is 0 Å². The number of carbonyl (C=O) groups is 1. The number of Topliss-reactive ketones (excluding diaryl/α,β-unsaturated/α-hetero) is 1. The maximum Gasteiger partial charge on any atom is 0.159 e. The van der Waals surface area contributed by atoms with E-state index in [1.165, 1.54) is 5.56 Å². The summed E-state index contributed by atoms with van der Waals surface area (Å²) in [5.74, 6) is 0.866. The molecule has 1 aliphatic heterocycles. The monoisotopic (exact) mass is 218 g/mol. The maximum absolute atomic E-state index is 11.3. The van der Waals surface area contributed by atoms with Crippen molar-refractivity contribution >= 4 is 5.78 Å². The third-order valence-corrected chi connectivity index (χ3v) is 3.20. The van der Waals surface area contributed by atoms with E-state index in [0.717, 1.165) is 44.0 Å². The van der Waals surface area contributed by atoms with Gasteiger partial charge in [0.1, 0.15) is 0 Å². The van der Waals surface area contributed by atoms with Crippen molar-refractivity contribution in [3.8, 4) is 0 Å². The molecule has 1 fully saturated rings. The van der Waals surface area contributed by atoms with Crippen molar-refractivity contribution in [2.75, 3.05) is 13.2 Å². The standard InChI is InChI=1S/C14H18O2/c1-11(15)14-4-2-3-13(10-14)9-12-5-7-16-8-6-12/h2-4,10,12H,5-9H2,1H3. The lowest BCUT2D eigenvalue weighted by molar-refractivity contribution is 0.0665. The van der Waals surface area contributed by atoms with Crippen LogP contribution < -0.4 is 0 Å². The fraction of sp³-hybridized carbons (Fsp3) is 0.500. The van der Waals surface area contributed by atoms with Crippen molar-refractivity contribution in [1.29, 1.82) is 0 Å². The Kier molecular flexibility index (Phi) is 3.73. The van der Waals surface area contributed by atoms with Crippen LogP contribution in [0.5, 0.6) is 0 Å². The van der Waals surface area contributed by atoms with E-state index in [2.05, 4.69) is 6.07 Å². The van der Waals surface area contributed by atoms with E-state index < -0.39 is 0 Å². The lowest BCUT2D eigenvalue weighted by Crippen LogP contribution is -2.17. The molecule has 86 valence electrons. The number of ether oxygens (including phenoxy) is 1. The predicted molar refractivity (Wildman–Crippen MR) is 63.7 cm³/mol. The first-order chi connectivity index (χ1) is 7.75. The molecular weight excluding hydrogens is 200 g/mol. The highest BCUT2D eigenvalue weighted by molar-refractivity contribution is 5.94. The highest BCUT2D eigenvalue weighted by Gasteiger charge is 2.14. The normalized spacial score (nSPS) is 17.3.